The third-order valence-electron chi connectivity index (χ3n) is 3.77. The summed E-state index contributed by atoms with van der Waals surface area (Å²) >= 11 is 0. The molecule has 1 aromatic carbocycles. The first-order chi connectivity index (χ1) is 13.4. The summed E-state index contributed by atoms with van der Waals surface area (Å²) in [6.07, 6.45) is -1.66. The maximum Gasteiger partial charge on any atom is 0.422 e. The van der Waals surface area contributed by atoms with Gasteiger partial charge in [0.1, 0.15) is 5.75 Å². The molecule has 2 aromatic rings. The zero-order valence-corrected chi connectivity index (χ0v) is 16.0. The number of aryl methyl sites for hydroxylation is 1. The molecule has 0 bridgehead atoms. The normalized spacial score (nSPS) is 12.0. The van der Waals surface area contributed by atoms with Crippen molar-refractivity contribution >= 4 is 5.96 Å². The van der Waals surface area contributed by atoms with Gasteiger partial charge in [-0.15, -0.1) is 0 Å². The van der Waals surface area contributed by atoms with Gasteiger partial charge < -0.3 is 15.4 Å². The molecule has 0 aliphatic rings. The van der Waals surface area contributed by atoms with Crippen LogP contribution in [0.25, 0.3) is 0 Å². The van der Waals surface area contributed by atoms with E-state index in [0.29, 0.717) is 19.0 Å². The summed E-state index contributed by atoms with van der Waals surface area (Å²) in [6.45, 7) is 4.47. The SMILES string of the molecule is CCNC(=NCc1ccc(OCC(F)(F)F)cc1)NCCc1ccc(C)nc1. The van der Waals surface area contributed by atoms with E-state index in [1.54, 1.807) is 12.1 Å². The van der Waals surface area contributed by atoms with E-state index in [2.05, 4.69) is 26.7 Å². The number of nitrogens with one attached hydrogen (secondary N) is 2. The van der Waals surface area contributed by atoms with Crippen molar-refractivity contribution in [2.45, 2.75) is 33.0 Å². The molecule has 0 saturated heterocycles. The Morgan fingerprint density at radius 2 is 1.79 bits per heavy atom. The number of nitrogens with zero attached hydrogens (tertiary/aromatic N) is 2. The molecule has 5 nitrogen and oxygen atoms in total. The van der Waals surface area contributed by atoms with Gasteiger partial charge in [0.05, 0.1) is 6.54 Å². The first kappa shape index (κ1) is 21.5. The third kappa shape index (κ3) is 8.28. The van der Waals surface area contributed by atoms with Crippen molar-refractivity contribution in [1.82, 2.24) is 15.6 Å². The second-order valence-electron chi connectivity index (χ2n) is 6.23. The molecule has 0 radical (unpaired) electrons. The van der Waals surface area contributed by atoms with E-state index in [1.165, 1.54) is 12.1 Å². The van der Waals surface area contributed by atoms with Gasteiger partial charge in [-0.05, 0) is 49.6 Å². The fraction of sp³-hybridized carbons (Fsp3) is 0.400. The number of ether oxygens (including phenoxy) is 1. The number of aliphatic imine (C=N–C) groups is 1. The molecule has 8 heteroatoms. The van der Waals surface area contributed by atoms with Crippen LogP contribution in [0.1, 0.15) is 23.7 Å². The average Bonchev–Trinajstić information content (AvgIpc) is 2.66. The summed E-state index contributed by atoms with van der Waals surface area (Å²) in [5, 5.41) is 6.43. The molecule has 0 atom stereocenters. The van der Waals surface area contributed by atoms with E-state index < -0.39 is 12.8 Å². The molecule has 1 aromatic heterocycles. The molecule has 0 amide bonds. The van der Waals surface area contributed by atoms with Crippen LogP contribution in [0, 0.1) is 6.92 Å². The summed E-state index contributed by atoms with van der Waals surface area (Å²) in [4.78, 5) is 8.78. The van der Waals surface area contributed by atoms with Crippen LogP contribution in [0.15, 0.2) is 47.6 Å². The Kier molecular flexibility index (Phi) is 8.10. The zero-order chi connectivity index (χ0) is 20.4. The van der Waals surface area contributed by atoms with Gasteiger partial charge in [0.25, 0.3) is 0 Å². The fourth-order valence-electron chi connectivity index (χ4n) is 2.34. The summed E-state index contributed by atoms with van der Waals surface area (Å²) < 4.78 is 41.2. The van der Waals surface area contributed by atoms with Crippen molar-refractivity contribution in [1.29, 1.82) is 0 Å². The van der Waals surface area contributed by atoms with Crippen LogP contribution in [-0.2, 0) is 13.0 Å². The Bertz CT molecular complexity index is 744. The summed E-state index contributed by atoms with van der Waals surface area (Å²) in [6, 6.07) is 10.5. The van der Waals surface area contributed by atoms with Gasteiger partial charge in [-0.3, -0.25) is 4.98 Å². The standard InChI is InChI=1S/C20H25F3N4O/c1-3-24-19(25-11-10-17-5-4-15(2)26-12-17)27-13-16-6-8-18(9-7-16)28-14-20(21,22)23/h4-9,12H,3,10-11,13-14H2,1-2H3,(H2,24,25,27). The first-order valence-corrected chi connectivity index (χ1v) is 9.08. The van der Waals surface area contributed by atoms with Crippen molar-refractivity contribution in [3.8, 4) is 5.75 Å². The van der Waals surface area contributed by atoms with Crippen molar-refractivity contribution < 1.29 is 17.9 Å². The molecular formula is C20H25F3N4O. The van der Waals surface area contributed by atoms with Crippen molar-refractivity contribution in [2.75, 3.05) is 19.7 Å². The monoisotopic (exact) mass is 394 g/mol. The lowest BCUT2D eigenvalue weighted by molar-refractivity contribution is -0.153. The summed E-state index contributed by atoms with van der Waals surface area (Å²) in [5.41, 5.74) is 3.00. The minimum Gasteiger partial charge on any atom is -0.484 e. The number of aromatic nitrogens is 1. The predicted molar refractivity (Wildman–Crippen MR) is 103 cm³/mol. The fourth-order valence-corrected chi connectivity index (χ4v) is 2.34. The molecule has 0 unspecified atom stereocenters. The molecule has 28 heavy (non-hydrogen) atoms. The molecular weight excluding hydrogens is 369 g/mol. The van der Waals surface area contributed by atoms with Gasteiger partial charge in [0.15, 0.2) is 12.6 Å². The minimum atomic E-state index is -4.34. The van der Waals surface area contributed by atoms with Crippen LogP contribution in [0.3, 0.4) is 0 Å². The Labute approximate surface area is 163 Å². The van der Waals surface area contributed by atoms with Crippen LogP contribution in [0.2, 0.25) is 0 Å². The lowest BCUT2D eigenvalue weighted by atomic mass is 10.2. The highest BCUT2D eigenvalue weighted by atomic mass is 19.4. The lowest BCUT2D eigenvalue weighted by Gasteiger charge is -2.12. The second-order valence-corrected chi connectivity index (χ2v) is 6.23. The smallest absolute Gasteiger partial charge is 0.422 e. The first-order valence-electron chi connectivity index (χ1n) is 9.08. The largest absolute Gasteiger partial charge is 0.484 e. The Hall–Kier alpha value is -2.77. The van der Waals surface area contributed by atoms with Crippen LogP contribution in [-0.4, -0.2) is 36.8 Å². The second kappa shape index (κ2) is 10.5. The van der Waals surface area contributed by atoms with Gasteiger partial charge in [-0.2, -0.15) is 13.2 Å². The highest BCUT2D eigenvalue weighted by Crippen LogP contribution is 2.19. The van der Waals surface area contributed by atoms with E-state index in [0.717, 1.165) is 29.8 Å². The molecule has 0 aliphatic heterocycles. The molecule has 0 aliphatic carbocycles. The highest BCUT2D eigenvalue weighted by Gasteiger charge is 2.28. The van der Waals surface area contributed by atoms with E-state index in [-0.39, 0.29) is 5.75 Å². The quantitative estimate of drug-likeness (QED) is 0.530. The molecule has 152 valence electrons. The molecule has 1 heterocycles. The van der Waals surface area contributed by atoms with E-state index in [9.17, 15) is 13.2 Å². The lowest BCUT2D eigenvalue weighted by Crippen LogP contribution is -2.38. The van der Waals surface area contributed by atoms with Crippen LogP contribution >= 0.6 is 0 Å². The van der Waals surface area contributed by atoms with Gasteiger partial charge in [-0.25, -0.2) is 4.99 Å². The Morgan fingerprint density at radius 3 is 2.39 bits per heavy atom. The number of benzene rings is 1. The molecule has 0 saturated carbocycles. The van der Waals surface area contributed by atoms with Crippen molar-refractivity contribution in [2.24, 2.45) is 4.99 Å². The van der Waals surface area contributed by atoms with Gasteiger partial charge in [-0.1, -0.05) is 18.2 Å². The molecule has 2 rings (SSSR count). The number of pyridine rings is 1. The number of hydrogen-bond acceptors (Lipinski definition) is 3. The van der Waals surface area contributed by atoms with E-state index >= 15 is 0 Å². The molecule has 0 spiro atoms. The zero-order valence-electron chi connectivity index (χ0n) is 16.0. The topological polar surface area (TPSA) is 58.5 Å². The van der Waals surface area contributed by atoms with Crippen molar-refractivity contribution in [3.05, 3.63) is 59.4 Å². The summed E-state index contributed by atoms with van der Waals surface area (Å²) in [5.74, 6) is 0.863. The highest BCUT2D eigenvalue weighted by molar-refractivity contribution is 5.79. The van der Waals surface area contributed by atoms with E-state index in [1.807, 2.05) is 26.1 Å². The number of halogens is 3. The predicted octanol–water partition coefficient (Wildman–Crippen LogP) is 3.63. The molecule has 0 fully saturated rings. The maximum absolute atomic E-state index is 12.2. The summed E-state index contributed by atoms with van der Waals surface area (Å²) in [7, 11) is 0. The van der Waals surface area contributed by atoms with Crippen LogP contribution in [0.5, 0.6) is 5.75 Å². The van der Waals surface area contributed by atoms with Gasteiger partial charge in [0.2, 0.25) is 0 Å². The third-order valence-corrected chi connectivity index (χ3v) is 3.77. The van der Waals surface area contributed by atoms with E-state index in [4.69, 9.17) is 4.74 Å². The number of guanidine groups is 1. The minimum absolute atomic E-state index is 0.182. The number of hydrogen-bond donors (Lipinski definition) is 2. The number of alkyl halides is 3. The van der Waals surface area contributed by atoms with Crippen molar-refractivity contribution in [3.63, 3.8) is 0 Å². The van der Waals surface area contributed by atoms with Crippen LogP contribution < -0.4 is 15.4 Å². The molecule has 2 N–H and O–H groups in total. The van der Waals surface area contributed by atoms with Gasteiger partial charge in [0, 0.05) is 25.0 Å². The maximum atomic E-state index is 12.2. The Morgan fingerprint density at radius 1 is 1.07 bits per heavy atom. The average molecular weight is 394 g/mol. The van der Waals surface area contributed by atoms with Crippen LogP contribution in [0.4, 0.5) is 13.2 Å². The number of rotatable bonds is 8. The Balaban J connectivity index is 1.84. The van der Waals surface area contributed by atoms with Gasteiger partial charge >= 0.3 is 6.18 Å².